The second-order valence-electron chi connectivity index (χ2n) is 9.71. The van der Waals surface area contributed by atoms with Crippen LogP contribution in [0, 0.1) is 5.82 Å². The molecule has 1 heterocycles. The minimum atomic E-state index is -3.21. The van der Waals surface area contributed by atoms with E-state index in [0.717, 1.165) is 11.0 Å². The normalized spacial score (nSPS) is 11.8. The molecule has 0 spiro atoms. The number of benzene rings is 2. The fourth-order valence-electron chi connectivity index (χ4n) is 3.47. The van der Waals surface area contributed by atoms with Crippen molar-refractivity contribution >= 4 is 40.8 Å². The number of hydrogen-bond acceptors (Lipinski definition) is 5. The SMILES string of the molecule is COC(C)(C)CNC(=O)c1ccc(Cl)c(-c2cnc(N(C)C(=O)c3c(F)cccc3Cl)c(OCC(C)(F)F)c2)c1. The summed E-state index contributed by atoms with van der Waals surface area (Å²) in [5.74, 6) is -5.69. The number of rotatable bonds is 10. The molecular formula is C28H28Cl2F3N3O4. The molecule has 0 saturated heterocycles. The largest absolute Gasteiger partial charge is 0.483 e. The van der Waals surface area contributed by atoms with Gasteiger partial charge in [-0.15, -0.1) is 0 Å². The van der Waals surface area contributed by atoms with E-state index in [1.807, 2.05) is 13.8 Å². The van der Waals surface area contributed by atoms with E-state index in [2.05, 4.69) is 10.3 Å². The number of nitrogens with one attached hydrogen (secondary N) is 1. The number of anilines is 1. The number of carbonyl (C=O) groups excluding carboxylic acids is 2. The van der Waals surface area contributed by atoms with Gasteiger partial charge in [-0.3, -0.25) is 14.5 Å². The van der Waals surface area contributed by atoms with Crippen molar-refractivity contribution in [3.8, 4) is 16.9 Å². The first-order valence-corrected chi connectivity index (χ1v) is 12.7. The Balaban J connectivity index is 2.02. The van der Waals surface area contributed by atoms with Gasteiger partial charge in [-0.2, -0.15) is 0 Å². The Labute approximate surface area is 240 Å². The van der Waals surface area contributed by atoms with E-state index < -0.39 is 35.4 Å². The van der Waals surface area contributed by atoms with Gasteiger partial charge >= 0.3 is 0 Å². The van der Waals surface area contributed by atoms with E-state index in [0.29, 0.717) is 18.1 Å². The molecule has 0 atom stereocenters. The fourth-order valence-corrected chi connectivity index (χ4v) is 3.94. The Morgan fingerprint density at radius 3 is 2.40 bits per heavy atom. The number of carbonyl (C=O) groups is 2. The lowest BCUT2D eigenvalue weighted by molar-refractivity contribution is -0.0228. The number of alkyl halides is 2. The maximum Gasteiger partial charge on any atom is 0.278 e. The minimum Gasteiger partial charge on any atom is -0.483 e. The van der Waals surface area contributed by atoms with E-state index in [4.69, 9.17) is 32.7 Å². The molecule has 7 nitrogen and oxygen atoms in total. The number of ether oxygens (including phenoxy) is 2. The molecule has 0 unspecified atom stereocenters. The molecular weight excluding hydrogens is 570 g/mol. The fraction of sp³-hybridized carbons (Fsp3) is 0.321. The maximum atomic E-state index is 14.4. The second-order valence-corrected chi connectivity index (χ2v) is 10.5. The monoisotopic (exact) mass is 597 g/mol. The summed E-state index contributed by atoms with van der Waals surface area (Å²) in [7, 11) is 2.82. The van der Waals surface area contributed by atoms with Gasteiger partial charge in [0.1, 0.15) is 5.82 Å². The molecule has 214 valence electrons. The molecule has 0 bridgehead atoms. The summed E-state index contributed by atoms with van der Waals surface area (Å²) in [6.07, 6.45) is 1.33. The first-order chi connectivity index (χ1) is 18.6. The predicted octanol–water partition coefficient (Wildman–Crippen LogP) is 6.66. The highest BCUT2D eigenvalue weighted by molar-refractivity contribution is 6.34. The lowest BCUT2D eigenvalue weighted by atomic mass is 10.0. The quantitative estimate of drug-likeness (QED) is 0.283. The molecule has 1 N–H and O–H groups in total. The molecule has 0 fully saturated rings. The van der Waals surface area contributed by atoms with Crippen molar-refractivity contribution in [2.75, 3.05) is 32.2 Å². The van der Waals surface area contributed by atoms with Gasteiger partial charge in [0.25, 0.3) is 17.7 Å². The summed E-state index contributed by atoms with van der Waals surface area (Å²) < 4.78 is 52.5. The van der Waals surface area contributed by atoms with Crippen LogP contribution >= 0.6 is 23.2 Å². The van der Waals surface area contributed by atoms with Crippen molar-refractivity contribution in [3.05, 3.63) is 75.7 Å². The molecule has 3 rings (SSSR count). The Hall–Kier alpha value is -3.34. The molecule has 0 aliphatic rings. The van der Waals surface area contributed by atoms with Crippen LogP contribution in [-0.2, 0) is 4.74 Å². The Morgan fingerprint density at radius 2 is 1.77 bits per heavy atom. The highest BCUT2D eigenvalue weighted by Gasteiger charge is 2.27. The lowest BCUT2D eigenvalue weighted by Crippen LogP contribution is -2.39. The summed E-state index contributed by atoms with van der Waals surface area (Å²) in [6, 6.07) is 9.67. The highest BCUT2D eigenvalue weighted by atomic mass is 35.5. The number of amides is 2. The van der Waals surface area contributed by atoms with Gasteiger partial charge in [-0.1, -0.05) is 29.3 Å². The average molecular weight is 598 g/mol. The van der Waals surface area contributed by atoms with Crippen molar-refractivity contribution in [1.82, 2.24) is 10.3 Å². The summed E-state index contributed by atoms with van der Waals surface area (Å²) >= 11 is 12.5. The van der Waals surface area contributed by atoms with Crippen LogP contribution in [0.15, 0.2) is 48.7 Å². The molecule has 2 aromatic carbocycles. The molecule has 0 radical (unpaired) electrons. The van der Waals surface area contributed by atoms with E-state index in [1.54, 1.807) is 0 Å². The summed E-state index contributed by atoms with van der Waals surface area (Å²) in [5.41, 5.74) is -0.0465. The zero-order valence-corrected chi connectivity index (χ0v) is 24.0. The third-order valence-electron chi connectivity index (χ3n) is 5.88. The summed E-state index contributed by atoms with van der Waals surface area (Å²) in [6.45, 7) is 3.51. The highest BCUT2D eigenvalue weighted by Crippen LogP contribution is 2.36. The van der Waals surface area contributed by atoms with Gasteiger partial charge in [0.2, 0.25) is 0 Å². The smallest absolute Gasteiger partial charge is 0.278 e. The van der Waals surface area contributed by atoms with Crippen LogP contribution in [0.2, 0.25) is 10.0 Å². The average Bonchev–Trinajstić information content (AvgIpc) is 2.89. The van der Waals surface area contributed by atoms with Gasteiger partial charge in [-0.25, -0.2) is 18.2 Å². The van der Waals surface area contributed by atoms with Crippen molar-refractivity contribution in [2.24, 2.45) is 0 Å². The number of hydrogen-bond donors (Lipinski definition) is 1. The first kappa shape index (κ1) is 31.2. The molecule has 0 aliphatic heterocycles. The van der Waals surface area contributed by atoms with Gasteiger partial charge < -0.3 is 14.8 Å². The van der Waals surface area contributed by atoms with Crippen molar-refractivity contribution in [2.45, 2.75) is 32.3 Å². The third-order valence-corrected chi connectivity index (χ3v) is 6.52. The third kappa shape index (κ3) is 7.65. The molecule has 1 aromatic heterocycles. The maximum absolute atomic E-state index is 14.4. The number of halogens is 5. The number of pyridine rings is 1. The summed E-state index contributed by atoms with van der Waals surface area (Å²) in [4.78, 5) is 31.1. The van der Waals surface area contributed by atoms with E-state index in [9.17, 15) is 22.8 Å². The Kier molecular flexibility index (Phi) is 9.71. The lowest BCUT2D eigenvalue weighted by Gasteiger charge is -2.23. The number of aromatic nitrogens is 1. The topological polar surface area (TPSA) is 80.8 Å². The van der Waals surface area contributed by atoms with E-state index in [1.165, 1.54) is 56.8 Å². The number of methoxy groups -OCH3 is 1. The molecule has 3 aromatic rings. The van der Waals surface area contributed by atoms with Gasteiger partial charge in [0.15, 0.2) is 18.2 Å². The zero-order valence-electron chi connectivity index (χ0n) is 22.5. The standard InChI is InChI=1S/C28H28Cl2F3N3O4/c1-27(2,39-5)14-35-25(37)16-9-10-19(29)18(11-16)17-12-22(40-15-28(3,32)33)24(34-13-17)36(4)26(38)23-20(30)7-6-8-21(23)31/h6-13H,14-15H2,1-5H3,(H,35,37). The molecule has 2 amide bonds. The van der Waals surface area contributed by atoms with Crippen molar-refractivity contribution in [1.29, 1.82) is 0 Å². The molecule has 12 heteroatoms. The van der Waals surface area contributed by atoms with Crippen LogP contribution in [0.5, 0.6) is 5.75 Å². The van der Waals surface area contributed by atoms with Crippen LogP contribution < -0.4 is 15.0 Å². The van der Waals surface area contributed by atoms with Gasteiger partial charge in [0, 0.05) is 55.5 Å². The predicted molar refractivity (Wildman–Crippen MR) is 148 cm³/mol. The van der Waals surface area contributed by atoms with Crippen LogP contribution in [0.4, 0.5) is 19.0 Å². The van der Waals surface area contributed by atoms with Crippen LogP contribution in [0.1, 0.15) is 41.5 Å². The molecule has 0 saturated carbocycles. The number of nitrogens with zero attached hydrogens (tertiary/aromatic N) is 2. The van der Waals surface area contributed by atoms with Gasteiger partial charge in [-0.05, 0) is 50.2 Å². The van der Waals surface area contributed by atoms with Crippen molar-refractivity contribution in [3.63, 3.8) is 0 Å². The summed E-state index contributed by atoms with van der Waals surface area (Å²) in [5, 5.41) is 2.90. The van der Waals surface area contributed by atoms with E-state index >= 15 is 0 Å². The Morgan fingerprint density at radius 1 is 1.07 bits per heavy atom. The van der Waals surface area contributed by atoms with E-state index in [-0.39, 0.29) is 39.6 Å². The second kappa shape index (κ2) is 12.4. The first-order valence-electron chi connectivity index (χ1n) is 12.0. The van der Waals surface area contributed by atoms with Crippen LogP contribution in [0.25, 0.3) is 11.1 Å². The minimum absolute atomic E-state index is 0.133. The van der Waals surface area contributed by atoms with Gasteiger partial charge in [0.05, 0.1) is 16.2 Å². The Bertz CT molecular complexity index is 1390. The van der Waals surface area contributed by atoms with Crippen LogP contribution in [-0.4, -0.2) is 55.6 Å². The molecule has 40 heavy (non-hydrogen) atoms. The van der Waals surface area contributed by atoms with Crippen LogP contribution in [0.3, 0.4) is 0 Å². The zero-order chi connectivity index (χ0) is 29.8. The molecule has 0 aliphatic carbocycles. The van der Waals surface area contributed by atoms with Crippen molar-refractivity contribution < 1.29 is 32.2 Å².